The molecule has 1 unspecified atom stereocenters. The smallest absolute Gasteiger partial charge is 0.332 e. The average molecular weight is 354 g/mol. The van der Waals surface area contributed by atoms with Gasteiger partial charge in [-0.15, -0.1) is 0 Å². The third-order valence-electron chi connectivity index (χ3n) is 4.69. The second kappa shape index (κ2) is 6.35. The fourth-order valence-corrected chi connectivity index (χ4v) is 2.78. The molecule has 0 bridgehead atoms. The van der Waals surface area contributed by atoms with E-state index >= 15 is 0 Å². The van der Waals surface area contributed by atoms with Crippen LogP contribution in [-0.4, -0.2) is 35.3 Å². The van der Waals surface area contributed by atoms with E-state index in [1.165, 1.54) is 17.8 Å². The van der Waals surface area contributed by atoms with Crippen molar-refractivity contribution in [1.29, 1.82) is 0 Å². The fourth-order valence-electron chi connectivity index (χ4n) is 2.78. The van der Waals surface area contributed by atoms with Crippen LogP contribution in [0, 0.1) is 5.92 Å². The molecule has 0 saturated carbocycles. The number of nitrogens with two attached hydrogens (primary N) is 4. The predicted molar refractivity (Wildman–Crippen MR) is 93.0 cm³/mol. The van der Waals surface area contributed by atoms with Gasteiger partial charge in [0.15, 0.2) is 17.0 Å². The predicted octanol–water partition coefficient (Wildman–Crippen LogP) is -2.97. The maximum absolute atomic E-state index is 12.6. The number of fused-ring (bicyclic) bond motifs is 1. The van der Waals surface area contributed by atoms with Crippen molar-refractivity contribution in [2.75, 3.05) is 0 Å². The van der Waals surface area contributed by atoms with Gasteiger partial charge in [-0.05, 0) is 12.8 Å². The van der Waals surface area contributed by atoms with Gasteiger partial charge in [0.2, 0.25) is 0 Å². The molecule has 2 rings (SSSR count). The highest BCUT2D eigenvalue weighted by molar-refractivity contribution is 5.69. The summed E-state index contributed by atoms with van der Waals surface area (Å²) in [4.78, 5) is 29.0. The largest absolute Gasteiger partial charge is 0.363 e. The summed E-state index contributed by atoms with van der Waals surface area (Å²) in [6.45, 7) is 1.65. The molecule has 0 aromatic carbocycles. The molecule has 140 valence electrons. The molecule has 0 aliphatic heterocycles. The van der Waals surface area contributed by atoms with Crippen molar-refractivity contribution >= 4 is 11.2 Å². The lowest BCUT2D eigenvalue weighted by atomic mass is 9.87. The summed E-state index contributed by atoms with van der Waals surface area (Å²) in [5, 5.41) is 9.67. The summed E-state index contributed by atoms with van der Waals surface area (Å²) in [7, 11) is 3.23. The van der Waals surface area contributed by atoms with Crippen molar-refractivity contribution in [2.24, 2.45) is 42.9 Å². The summed E-state index contributed by atoms with van der Waals surface area (Å²) in [6.07, 6.45) is 2.00. The molecule has 11 nitrogen and oxygen atoms in total. The molecule has 2 aromatic heterocycles. The molecule has 11 heteroatoms. The van der Waals surface area contributed by atoms with E-state index in [1.807, 2.05) is 0 Å². The van der Waals surface area contributed by atoms with Crippen molar-refractivity contribution in [2.45, 2.75) is 37.8 Å². The molecule has 0 radical (unpaired) electrons. The van der Waals surface area contributed by atoms with Gasteiger partial charge in [-0.2, -0.15) is 0 Å². The van der Waals surface area contributed by atoms with Crippen molar-refractivity contribution in [3.05, 3.63) is 27.2 Å². The minimum absolute atomic E-state index is 0.114. The Bertz CT molecular complexity index is 886. The van der Waals surface area contributed by atoms with Gasteiger partial charge in [0.05, 0.1) is 12.0 Å². The molecule has 0 amide bonds. The molecule has 0 aliphatic rings. The minimum atomic E-state index is -2.02. The van der Waals surface area contributed by atoms with Crippen LogP contribution in [0.2, 0.25) is 0 Å². The first-order valence-electron chi connectivity index (χ1n) is 7.86. The summed E-state index contributed by atoms with van der Waals surface area (Å²) >= 11 is 0. The van der Waals surface area contributed by atoms with E-state index in [9.17, 15) is 14.7 Å². The monoisotopic (exact) mass is 354 g/mol. The quantitative estimate of drug-likeness (QED) is 0.340. The zero-order valence-electron chi connectivity index (χ0n) is 14.6. The molecule has 0 aliphatic carbocycles. The fraction of sp³-hybridized carbons (Fsp3) is 0.643. The molecular weight excluding hydrogens is 328 g/mol. The highest BCUT2D eigenvalue weighted by Gasteiger charge is 2.38. The molecule has 1 atom stereocenters. The van der Waals surface area contributed by atoms with E-state index in [0.717, 1.165) is 4.57 Å². The van der Waals surface area contributed by atoms with Crippen LogP contribution in [0.5, 0.6) is 0 Å². The van der Waals surface area contributed by atoms with Gasteiger partial charge in [-0.25, -0.2) is 9.78 Å². The lowest BCUT2D eigenvalue weighted by Gasteiger charge is -2.38. The second-order valence-electron chi connectivity index (χ2n) is 6.65. The third kappa shape index (κ3) is 3.50. The molecule has 0 saturated heterocycles. The first kappa shape index (κ1) is 19.3. The molecular formula is C14H26N8O3. The Kier molecular flexibility index (Phi) is 4.90. The van der Waals surface area contributed by atoms with E-state index in [-0.39, 0.29) is 13.0 Å². The molecule has 0 spiro atoms. The van der Waals surface area contributed by atoms with Crippen molar-refractivity contribution in [1.82, 2.24) is 18.7 Å². The average Bonchev–Trinajstić information content (AvgIpc) is 2.88. The SMILES string of the molecule is CC(C(N)(N)O)C(N)(N)CCCn1c(=O)c2c(ncn2C)n(C)c1=O. The van der Waals surface area contributed by atoms with Gasteiger partial charge in [-0.3, -0.25) is 25.4 Å². The van der Waals surface area contributed by atoms with Gasteiger partial charge in [0, 0.05) is 26.6 Å². The number of hydrogen-bond donors (Lipinski definition) is 5. The van der Waals surface area contributed by atoms with Crippen LogP contribution in [0.1, 0.15) is 19.8 Å². The van der Waals surface area contributed by atoms with Crippen LogP contribution in [0.15, 0.2) is 15.9 Å². The van der Waals surface area contributed by atoms with Crippen LogP contribution in [0.4, 0.5) is 0 Å². The summed E-state index contributed by atoms with van der Waals surface area (Å²) < 4.78 is 3.99. The first-order chi connectivity index (χ1) is 11.4. The zero-order chi connectivity index (χ0) is 19.2. The van der Waals surface area contributed by atoms with Crippen molar-refractivity contribution in [3.8, 4) is 0 Å². The first-order valence-corrected chi connectivity index (χ1v) is 7.86. The Morgan fingerprint density at radius 2 is 1.84 bits per heavy atom. The Morgan fingerprint density at radius 3 is 2.40 bits per heavy atom. The van der Waals surface area contributed by atoms with E-state index < -0.39 is 28.7 Å². The number of aromatic nitrogens is 4. The van der Waals surface area contributed by atoms with Crippen molar-refractivity contribution in [3.63, 3.8) is 0 Å². The Hall–Kier alpha value is -2.05. The van der Waals surface area contributed by atoms with E-state index in [4.69, 9.17) is 22.9 Å². The van der Waals surface area contributed by atoms with Crippen molar-refractivity contribution < 1.29 is 5.11 Å². The summed E-state index contributed by atoms with van der Waals surface area (Å²) in [6, 6.07) is 0. The van der Waals surface area contributed by atoms with E-state index in [0.29, 0.717) is 17.6 Å². The number of imidazole rings is 1. The van der Waals surface area contributed by atoms with Gasteiger partial charge in [-0.1, -0.05) is 6.92 Å². The number of aryl methyl sites for hydroxylation is 2. The third-order valence-corrected chi connectivity index (χ3v) is 4.69. The molecule has 25 heavy (non-hydrogen) atoms. The van der Waals surface area contributed by atoms with Crippen LogP contribution in [-0.2, 0) is 20.6 Å². The molecule has 0 fully saturated rings. The Balaban J connectivity index is 2.26. The highest BCUT2D eigenvalue weighted by Crippen LogP contribution is 2.20. The van der Waals surface area contributed by atoms with E-state index in [1.54, 1.807) is 18.7 Å². The van der Waals surface area contributed by atoms with Gasteiger partial charge in [0.25, 0.3) is 5.56 Å². The second-order valence-corrected chi connectivity index (χ2v) is 6.65. The van der Waals surface area contributed by atoms with Crippen LogP contribution >= 0.6 is 0 Å². The lowest BCUT2D eigenvalue weighted by Crippen LogP contribution is -2.68. The molecule has 9 N–H and O–H groups in total. The minimum Gasteiger partial charge on any atom is -0.363 e. The molecule has 2 heterocycles. The maximum atomic E-state index is 12.6. The number of rotatable bonds is 6. The maximum Gasteiger partial charge on any atom is 0.332 e. The Morgan fingerprint density at radius 1 is 1.24 bits per heavy atom. The topological polar surface area (TPSA) is 186 Å². The number of nitrogens with zero attached hydrogens (tertiary/aromatic N) is 4. The van der Waals surface area contributed by atoms with Gasteiger partial charge >= 0.3 is 5.69 Å². The summed E-state index contributed by atoms with van der Waals surface area (Å²) in [5.74, 6) is -2.83. The van der Waals surface area contributed by atoms with Crippen LogP contribution in [0.25, 0.3) is 11.2 Å². The molecule has 2 aromatic rings. The van der Waals surface area contributed by atoms with Gasteiger partial charge in [0.1, 0.15) is 0 Å². The number of aliphatic hydroxyl groups is 1. The van der Waals surface area contributed by atoms with E-state index in [2.05, 4.69) is 4.98 Å². The van der Waals surface area contributed by atoms with Crippen LogP contribution in [0.3, 0.4) is 0 Å². The van der Waals surface area contributed by atoms with Crippen LogP contribution < -0.4 is 34.2 Å². The Labute approximate surface area is 143 Å². The standard InChI is InChI=1S/C14H26N8O3/c1-8(14(17,18)25)13(15,16)5-4-6-22-11(23)9-10(19-7-20(9)2)21(3)12(22)24/h7-8,25H,4-6,15-18H2,1-3H3. The summed E-state index contributed by atoms with van der Waals surface area (Å²) in [5.41, 5.74) is 21.2. The van der Waals surface area contributed by atoms with Gasteiger partial charge < -0.3 is 21.1 Å². The lowest BCUT2D eigenvalue weighted by molar-refractivity contribution is -0.0341. The zero-order valence-corrected chi connectivity index (χ0v) is 14.6. The number of hydrogen-bond acceptors (Lipinski definition) is 8. The highest BCUT2D eigenvalue weighted by atomic mass is 16.3. The normalized spacial score (nSPS) is 14.2.